The van der Waals surface area contributed by atoms with Gasteiger partial charge in [-0.3, -0.25) is 0 Å². The molecule has 1 saturated heterocycles. The molecule has 6 heteroatoms. The molecular weight excluding hydrogens is 330 g/mol. The number of aliphatic hydroxyl groups excluding tert-OH is 1. The Labute approximate surface area is 153 Å². The van der Waals surface area contributed by atoms with Gasteiger partial charge in [0.1, 0.15) is 6.10 Å². The van der Waals surface area contributed by atoms with Crippen LogP contribution in [-0.4, -0.2) is 42.5 Å². The summed E-state index contributed by atoms with van der Waals surface area (Å²) >= 11 is 0. The second-order valence-electron chi connectivity index (χ2n) is 6.54. The van der Waals surface area contributed by atoms with Gasteiger partial charge in [0.2, 0.25) is 0 Å². The molecule has 1 aliphatic heterocycles. The summed E-state index contributed by atoms with van der Waals surface area (Å²) in [5.41, 5.74) is 3.10. The zero-order valence-corrected chi connectivity index (χ0v) is 14.8. The lowest BCUT2D eigenvalue weighted by atomic mass is 10.1. The minimum absolute atomic E-state index is 0.153. The number of hydrogen-bond donors (Lipinski definition) is 4. The molecule has 0 aliphatic carbocycles. The monoisotopic (exact) mass is 355 g/mol. The summed E-state index contributed by atoms with van der Waals surface area (Å²) in [7, 11) is 0. The van der Waals surface area contributed by atoms with Gasteiger partial charge in [-0.05, 0) is 24.6 Å². The number of carbonyl (C=O) groups is 1. The van der Waals surface area contributed by atoms with Gasteiger partial charge in [-0.1, -0.05) is 48.0 Å². The molecule has 26 heavy (non-hydrogen) atoms. The van der Waals surface area contributed by atoms with Gasteiger partial charge in [-0.15, -0.1) is 0 Å². The summed E-state index contributed by atoms with van der Waals surface area (Å²) in [6, 6.07) is 17.0. The molecule has 0 aromatic heterocycles. The number of carbonyl (C=O) groups excluding carboxylic acids is 1. The smallest absolute Gasteiger partial charge is 0.319 e. The SMILES string of the molecule is Cc1ccc(CN[C@@H]2CO[C@H](CNC(=O)Nc3ccccc3)[C@H]2O)cc1. The zero-order valence-electron chi connectivity index (χ0n) is 14.8. The normalized spacial score (nSPS) is 22.2. The van der Waals surface area contributed by atoms with Crippen molar-refractivity contribution in [1.29, 1.82) is 0 Å². The number of rotatable bonds is 6. The first-order valence-corrected chi connectivity index (χ1v) is 8.80. The van der Waals surface area contributed by atoms with Crippen LogP contribution in [0, 0.1) is 6.92 Å². The number of benzene rings is 2. The minimum atomic E-state index is -0.669. The van der Waals surface area contributed by atoms with Gasteiger partial charge >= 0.3 is 6.03 Å². The van der Waals surface area contributed by atoms with Crippen molar-refractivity contribution in [3.8, 4) is 0 Å². The van der Waals surface area contributed by atoms with Crippen molar-refractivity contribution in [3.63, 3.8) is 0 Å². The van der Waals surface area contributed by atoms with Crippen molar-refractivity contribution < 1.29 is 14.6 Å². The van der Waals surface area contributed by atoms with Gasteiger partial charge < -0.3 is 25.8 Å². The van der Waals surface area contributed by atoms with E-state index in [2.05, 4.69) is 47.1 Å². The van der Waals surface area contributed by atoms with Gasteiger partial charge in [0.05, 0.1) is 18.8 Å². The molecule has 3 atom stereocenters. The molecule has 4 N–H and O–H groups in total. The average molecular weight is 355 g/mol. The molecule has 0 unspecified atom stereocenters. The van der Waals surface area contributed by atoms with E-state index in [-0.39, 0.29) is 18.6 Å². The second kappa shape index (κ2) is 8.80. The number of amides is 2. The third-order valence-electron chi connectivity index (χ3n) is 4.47. The van der Waals surface area contributed by atoms with Crippen LogP contribution in [0.15, 0.2) is 54.6 Å². The predicted molar refractivity (Wildman–Crippen MR) is 101 cm³/mol. The van der Waals surface area contributed by atoms with E-state index < -0.39 is 12.2 Å². The first-order valence-electron chi connectivity index (χ1n) is 8.80. The van der Waals surface area contributed by atoms with Crippen LogP contribution in [-0.2, 0) is 11.3 Å². The van der Waals surface area contributed by atoms with Crippen molar-refractivity contribution in [2.24, 2.45) is 0 Å². The van der Waals surface area contributed by atoms with Crippen molar-refractivity contribution in [2.45, 2.75) is 31.7 Å². The van der Waals surface area contributed by atoms with Crippen LogP contribution in [0.25, 0.3) is 0 Å². The van der Waals surface area contributed by atoms with Crippen LogP contribution in [0.5, 0.6) is 0 Å². The molecule has 3 rings (SSSR count). The molecule has 138 valence electrons. The molecule has 2 amide bonds. The largest absolute Gasteiger partial charge is 0.389 e. The number of nitrogens with one attached hydrogen (secondary N) is 3. The molecule has 1 aliphatic rings. The summed E-state index contributed by atoms with van der Waals surface area (Å²) in [4.78, 5) is 11.9. The van der Waals surface area contributed by atoms with Gasteiger partial charge in [0, 0.05) is 18.8 Å². The maximum Gasteiger partial charge on any atom is 0.319 e. The number of urea groups is 1. The van der Waals surface area contributed by atoms with Crippen LogP contribution in [0.3, 0.4) is 0 Å². The van der Waals surface area contributed by atoms with E-state index in [1.54, 1.807) is 0 Å². The molecule has 0 spiro atoms. The van der Waals surface area contributed by atoms with Gasteiger partial charge in [0.25, 0.3) is 0 Å². The quantitative estimate of drug-likeness (QED) is 0.639. The Hall–Kier alpha value is -2.41. The van der Waals surface area contributed by atoms with Crippen LogP contribution < -0.4 is 16.0 Å². The molecule has 2 aromatic carbocycles. The lowest BCUT2D eigenvalue weighted by molar-refractivity contribution is 0.0428. The fraction of sp³-hybridized carbons (Fsp3) is 0.350. The Balaban J connectivity index is 1.41. The van der Waals surface area contributed by atoms with E-state index in [0.717, 1.165) is 11.3 Å². The molecule has 0 saturated carbocycles. The van der Waals surface area contributed by atoms with E-state index in [1.165, 1.54) is 5.56 Å². The second-order valence-corrected chi connectivity index (χ2v) is 6.54. The van der Waals surface area contributed by atoms with Crippen LogP contribution >= 0.6 is 0 Å². The molecular formula is C20H25N3O3. The summed E-state index contributed by atoms with van der Waals surface area (Å²) in [6.07, 6.45) is -1.09. The number of hydrogen-bond acceptors (Lipinski definition) is 4. The van der Waals surface area contributed by atoms with Gasteiger partial charge in [0.15, 0.2) is 0 Å². The van der Waals surface area contributed by atoms with Crippen molar-refractivity contribution in [2.75, 3.05) is 18.5 Å². The summed E-state index contributed by atoms with van der Waals surface area (Å²) < 4.78 is 5.63. The average Bonchev–Trinajstić information content (AvgIpc) is 3.00. The zero-order chi connectivity index (χ0) is 18.4. The Morgan fingerprint density at radius 1 is 1.15 bits per heavy atom. The Bertz CT molecular complexity index is 706. The molecule has 6 nitrogen and oxygen atoms in total. The van der Waals surface area contributed by atoms with E-state index in [4.69, 9.17) is 4.74 Å². The third-order valence-corrected chi connectivity index (χ3v) is 4.47. The Morgan fingerprint density at radius 3 is 2.62 bits per heavy atom. The number of aliphatic hydroxyl groups is 1. The topological polar surface area (TPSA) is 82.6 Å². The van der Waals surface area contributed by atoms with Crippen molar-refractivity contribution in [1.82, 2.24) is 10.6 Å². The first-order chi connectivity index (χ1) is 12.6. The Morgan fingerprint density at radius 2 is 1.88 bits per heavy atom. The van der Waals surface area contributed by atoms with Crippen LogP contribution in [0.4, 0.5) is 10.5 Å². The number of aryl methyl sites for hydroxylation is 1. The van der Waals surface area contributed by atoms with E-state index in [9.17, 15) is 9.90 Å². The molecule has 0 bridgehead atoms. The van der Waals surface area contributed by atoms with Gasteiger partial charge in [-0.2, -0.15) is 0 Å². The van der Waals surface area contributed by atoms with Crippen molar-refractivity contribution in [3.05, 3.63) is 65.7 Å². The highest BCUT2D eigenvalue weighted by molar-refractivity contribution is 5.89. The lowest BCUT2D eigenvalue weighted by Crippen LogP contribution is -2.45. The first kappa shape index (κ1) is 18.4. The maximum atomic E-state index is 11.9. The summed E-state index contributed by atoms with van der Waals surface area (Å²) in [5.74, 6) is 0. The predicted octanol–water partition coefficient (Wildman–Crippen LogP) is 2.03. The number of anilines is 1. The molecule has 1 fully saturated rings. The third kappa shape index (κ3) is 5.05. The fourth-order valence-electron chi connectivity index (χ4n) is 2.89. The summed E-state index contributed by atoms with van der Waals surface area (Å²) in [5, 5.41) is 19.2. The maximum absolute atomic E-state index is 11.9. The molecule has 1 heterocycles. The summed E-state index contributed by atoms with van der Waals surface area (Å²) in [6.45, 7) is 3.39. The fourth-order valence-corrected chi connectivity index (χ4v) is 2.89. The Kier molecular flexibility index (Phi) is 6.22. The van der Waals surface area contributed by atoms with Gasteiger partial charge in [-0.25, -0.2) is 4.79 Å². The van der Waals surface area contributed by atoms with E-state index >= 15 is 0 Å². The minimum Gasteiger partial charge on any atom is -0.389 e. The van der Waals surface area contributed by atoms with Crippen LogP contribution in [0.2, 0.25) is 0 Å². The van der Waals surface area contributed by atoms with E-state index in [1.807, 2.05) is 30.3 Å². The highest BCUT2D eigenvalue weighted by atomic mass is 16.5. The van der Waals surface area contributed by atoms with Crippen molar-refractivity contribution >= 4 is 11.7 Å². The lowest BCUT2D eigenvalue weighted by Gasteiger charge is -2.19. The highest BCUT2D eigenvalue weighted by Gasteiger charge is 2.35. The highest BCUT2D eigenvalue weighted by Crippen LogP contribution is 2.15. The number of ether oxygens (including phenoxy) is 1. The van der Waals surface area contributed by atoms with E-state index in [0.29, 0.717) is 13.2 Å². The number of para-hydroxylation sites is 1. The standard InChI is InChI=1S/C20H25N3O3/c1-14-7-9-15(10-8-14)11-21-17-13-26-18(19(17)24)12-22-20(25)23-16-5-3-2-4-6-16/h2-10,17-19,21,24H,11-13H2,1H3,(H2,22,23,25)/t17-,18-,19+/m1/s1. The molecule has 2 aromatic rings. The molecule has 0 radical (unpaired) electrons. The van der Waals surface area contributed by atoms with Crippen LogP contribution in [0.1, 0.15) is 11.1 Å².